The largest absolute Gasteiger partial charge is 0.464 e. The molecule has 0 aliphatic rings. The first-order chi connectivity index (χ1) is 11.7. The lowest BCUT2D eigenvalue weighted by atomic mass is 10.0. The van der Waals surface area contributed by atoms with Crippen LogP contribution in [-0.4, -0.2) is 12.5 Å². The van der Waals surface area contributed by atoms with Gasteiger partial charge in [0.25, 0.3) is 0 Å². The van der Waals surface area contributed by atoms with Crippen molar-refractivity contribution < 1.29 is 9.21 Å². The minimum atomic E-state index is 0.0278. The number of fused-ring (bicyclic) bond motifs is 1. The molecule has 3 heteroatoms. The summed E-state index contributed by atoms with van der Waals surface area (Å²) in [4.78, 5) is 12.3. The van der Waals surface area contributed by atoms with Crippen molar-refractivity contribution in [2.24, 2.45) is 0 Å². The predicted molar refractivity (Wildman–Crippen MR) is 97.2 cm³/mol. The van der Waals surface area contributed by atoms with E-state index < -0.39 is 0 Å². The lowest BCUT2D eigenvalue weighted by Gasteiger charge is -2.12. The van der Waals surface area contributed by atoms with Gasteiger partial charge in [0.05, 0.1) is 12.7 Å². The maximum atomic E-state index is 12.3. The van der Waals surface area contributed by atoms with E-state index in [1.54, 1.807) is 6.26 Å². The number of benzene rings is 2. The number of carbonyl (C=O) groups is 1. The van der Waals surface area contributed by atoms with Crippen molar-refractivity contribution in [3.8, 4) is 0 Å². The van der Waals surface area contributed by atoms with E-state index in [0.717, 1.165) is 23.0 Å². The molecule has 3 nitrogen and oxygen atoms in total. The molecule has 0 aliphatic heterocycles. The van der Waals surface area contributed by atoms with Crippen LogP contribution in [-0.2, 0) is 17.6 Å². The lowest BCUT2D eigenvalue weighted by Crippen LogP contribution is -2.28. The van der Waals surface area contributed by atoms with E-state index in [9.17, 15) is 4.79 Å². The van der Waals surface area contributed by atoms with Crippen molar-refractivity contribution in [3.63, 3.8) is 0 Å². The monoisotopic (exact) mass is 321 g/mol. The number of carbonyl (C=O) groups excluding carboxylic acids is 1. The zero-order valence-electron chi connectivity index (χ0n) is 14.2. The summed E-state index contributed by atoms with van der Waals surface area (Å²) in [5.74, 6) is 0.323. The van der Waals surface area contributed by atoms with Gasteiger partial charge in [-0.25, -0.2) is 0 Å². The number of furan rings is 1. The highest BCUT2D eigenvalue weighted by Gasteiger charge is 2.12. The fourth-order valence-electron chi connectivity index (χ4n) is 2.89. The number of nitrogens with one attached hydrogen (secondary N) is 1. The van der Waals surface area contributed by atoms with E-state index in [1.165, 1.54) is 11.1 Å². The van der Waals surface area contributed by atoms with Gasteiger partial charge in [0.1, 0.15) is 5.58 Å². The Morgan fingerprint density at radius 1 is 1.17 bits per heavy atom. The molecule has 2 aromatic carbocycles. The summed E-state index contributed by atoms with van der Waals surface area (Å²) >= 11 is 0. The first kappa shape index (κ1) is 16.3. The second kappa shape index (κ2) is 7.35. The van der Waals surface area contributed by atoms with Crippen molar-refractivity contribution >= 4 is 16.9 Å². The summed E-state index contributed by atoms with van der Waals surface area (Å²) in [5.41, 5.74) is 4.27. The number of rotatable bonds is 6. The molecule has 0 fully saturated rings. The van der Waals surface area contributed by atoms with Gasteiger partial charge in [-0.1, -0.05) is 56.3 Å². The van der Waals surface area contributed by atoms with Gasteiger partial charge in [-0.2, -0.15) is 0 Å². The van der Waals surface area contributed by atoms with Crippen LogP contribution >= 0.6 is 0 Å². The van der Waals surface area contributed by atoms with Crippen molar-refractivity contribution in [1.82, 2.24) is 5.32 Å². The fourth-order valence-corrected chi connectivity index (χ4v) is 2.89. The fraction of sp³-hybridized carbons (Fsp3) is 0.286. The minimum Gasteiger partial charge on any atom is -0.464 e. The molecular weight excluding hydrogens is 298 g/mol. The zero-order valence-corrected chi connectivity index (χ0v) is 14.2. The van der Waals surface area contributed by atoms with Gasteiger partial charge in [-0.3, -0.25) is 4.79 Å². The molecule has 3 aromatic rings. The molecule has 24 heavy (non-hydrogen) atoms. The maximum Gasteiger partial charge on any atom is 0.224 e. The van der Waals surface area contributed by atoms with Gasteiger partial charge in [0.15, 0.2) is 0 Å². The molecule has 0 aliphatic carbocycles. The first-order valence-corrected chi connectivity index (χ1v) is 8.48. The maximum absolute atomic E-state index is 12.3. The van der Waals surface area contributed by atoms with Crippen LogP contribution in [0.4, 0.5) is 0 Å². The third-order valence-electron chi connectivity index (χ3n) is 4.45. The van der Waals surface area contributed by atoms with Crippen molar-refractivity contribution in [1.29, 1.82) is 0 Å². The summed E-state index contributed by atoms with van der Waals surface area (Å²) < 4.78 is 5.61. The highest BCUT2D eigenvalue weighted by Crippen LogP contribution is 2.23. The van der Waals surface area contributed by atoms with E-state index in [1.807, 2.05) is 30.3 Å². The van der Waals surface area contributed by atoms with E-state index in [0.29, 0.717) is 18.9 Å². The van der Waals surface area contributed by atoms with Gasteiger partial charge in [0, 0.05) is 17.5 Å². The third-order valence-corrected chi connectivity index (χ3v) is 4.45. The Morgan fingerprint density at radius 2 is 1.96 bits per heavy atom. The lowest BCUT2D eigenvalue weighted by molar-refractivity contribution is -0.120. The molecule has 0 spiro atoms. The number of hydrogen-bond acceptors (Lipinski definition) is 2. The minimum absolute atomic E-state index is 0.0278. The van der Waals surface area contributed by atoms with Crippen molar-refractivity contribution in [2.45, 2.75) is 32.6 Å². The zero-order chi connectivity index (χ0) is 16.9. The highest BCUT2D eigenvalue weighted by molar-refractivity contribution is 5.87. The number of aryl methyl sites for hydroxylation is 1. The second-order valence-corrected chi connectivity index (χ2v) is 6.24. The molecular formula is C21H23NO2. The standard InChI is InChI=1S/C21H23NO2/c1-3-16-9-10-19-18(14-24-20(19)11-16)12-21(23)22-13-15(2)17-7-5-4-6-8-17/h4-11,14-15H,3,12-13H2,1-2H3,(H,22,23)/t15-/m1/s1. The first-order valence-electron chi connectivity index (χ1n) is 8.48. The molecule has 3 rings (SSSR count). The van der Waals surface area contributed by atoms with Gasteiger partial charge in [0.2, 0.25) is 5.91 Å². The SMILES string of the molecule is CCc1ccc2c(CC(=O)NC[C@@H](C)c3ccccc3)coc2c1. The third kappa shape index (κ3) is 3.67. The van der Waals surface area contributed by atoms with E-state index in [2.05, 4.69) is 37.4 Å². The Bertz CT molecular complexity index is 820. The van der Waals surface area contributed by atoms with Crippen LogP contribution in [0.5, 0.6) is 0 Å². The van der Waals surface area contributed by atoms with Crippen LogP contribution in [0.2, 0.25) is 0 Å². The summed E-state index contributed by atoms with van der Waals surface area (Å²) in [7, 11) is 0. The molecule has 1 atom stereocenters. The van der Waals surface area contributed by atoms with Gasteiger partial charge in [-0.15, -0.1) is 0 Å². The normalized spacial score (nSPS) is 12.2. The molecule has 1 heterocycles. The molecule has 0 radical (unpaired) electrons. The molecule has 1 amide bonds. The summed E-state index contributed by atoms with van der Waals surface area (Å²) in [6.07, 6.45) is 3.02. The molecule has 0 saturated carbocycles. The van der Waals surface area contributed by atoms with Crippen LogP contribution in [0, 0.1) is 0 Å². The van der Waals surface area contributed by atoms with Crippen LogP contribution in [0.1, 0.15) is 36.5 Å². The quantitative estimate of drug-likeness (QED) is 0.728. The van der Waals surface area contributed by atoms with Crippen LogP contribution in [0.15, 0.2) is 59.2 Å². The van der Waals surface area contributed by atoms with Gasteiger partial charge < -0.3 is 9.73 Å². The highest BCUT2D eigenvalue weighted by atomic mass is 16.3. The van der Waals surface area contributed by atoms with Crippen molar-refractivity contribution in [3.05, 3.63) is 71.5 Å². The Kier molecular flexibility index (Phi) is 4.99. The smallest absolute Gasteiger partial charge is 0.224 e. The summed E-state index contributed by atoms with van der Waals surface area (Å²) in [6.45, 7) is 4.88. The summed E-state index contributed by atoms with van der Waals surface area (Å²) in [6, 6.07) is 16.4. The summed E-state index contributed by atoms with van der Waals surface area (Å²) in [5, 5.41) is 4.05. The van der Waals surface area contributed by atoms with Crippen molar-refractivity contribution in [2.75, 3.05) is 6.54 Å². The van der Waals surface area contributed by atoms with Crippen LogP contribution in [0.25, 0.3) is 11.0 Å². The topological polar surface area (TPSA) is 42.2 Å². The van der Waals surface area contributed by atoms with E-state index in [-0.39, 0.29) is 5.91 Å². The second-order valence-electron chi connectivity index (χ2n) is 6.24. The average molecular weight is 321 g/mol. The Labute approximate surface area is 142 Å². The van der Waals surface area contributed by atoms with E-state index >= 15 is 0 Å². The van der Waals surface area contributed by atoms with Gasteiger partial charge in [-0.05, 0) is 29.5 Å². The van der Waals surface area contributed by atoms with Crippen LogP contribution in [0.3, 0.4) is 0 Å². The average Bonchev–Trinajstić information content (AvgIpc) is 3.02. The van der Waals surface area contributed by atoms with E-state index in [4.69, 9.17) is 4.42 Å². The number of amides is 1. The van der Waals surface area contributed by atoms with Crippen LogP contribution < -0.4 is 5.32 Å². The van der Waals surface area contributed by atoms with Gasteiger partial charge >= 0.3 is 0 Å². The molecule has 1 N–H and O–H groups in total. The predicted octanol–water partition coefficient (Wildman–Crippen LogP) is 4.46. The molecule has 0 unspecified atom stereocenters. The Balaban J connectivity index is 1.61. The molecule has 0 saturated heterocycles. The molecule has 124 valence electrons. The number of hydrogen-bond donors (Lipinski definition) is 1. The molecule has 1 aromatic heterocycles. The Hall–Kier alpha value is -2.55. The Morgan fingerprint density at radius 3 is 2.71 bits per heavy atom. The molecule has 0 bridgehead atoms.